The Balaban J connectivity index is 2.53. The van der Waals surface area contributed by atoms with Crippen LogP contribution in [0.5, 0.6) is 5.75 Å². The van der Waals surface area contributed by atoms with Crippen molar-refractivity contribution >= 4 is 23.6 Å². The van der Waals surface area contributed by atoms with Gasteiger partial charge in [-0.1, -0.05) is 32.9 Å². The maximum Gasteiger partial charge on any atom is 0.326 e. The van der Waals surface area contributed by atoms with Crippen molar-refractivity contribution < 1.29 is 19.4 Å². The molecule has 0 aromatic heterocycles. The van der Waals surface area contributed by atoms with Crippen molar-refractivity contribution in [1.82, 2.24) is 5.32 Å². The second-order valence-corrected chi connectivity index (χ2v) is 7.28. The molecule has 2 N–H and O–H groups in total. The van der Waals surface area contributed by atoms with Crippen molar-refractivity contribution in [3.8, 4) is 5.75 Å². The van der Waals surface area contributed by atoms with Gasteiger partial charge in [0.15, 0.2) is 6.61 Å². The molecule has 1 atom stereocenters. The molecule has 134 valence electrons. The van der Waals surface area contributed by atoms with Gasteiger partial charge in [-0.15, -0.1) is 0 Å². The number of carboxylic acid groups (broad SMARTS) is 1. The van der Waals surface area contributed by atoms with E-state index in [4.69, 9.17) is 9.84 Å². The topological polar surface area (TPSA) is 75.6 Å². The second kappa shape index (κ2) is 9.57. The van der Waals surface area contributed by atoms with Gasteiger partial charge in [0.2, 0.25) is 0 Å². The summed E-state index contributed by atoms with van der Waals surface area (Å²) in [4.78, 5) is 23.0. The summed E-state index contributed by atoms with van der Waals surface area (Å²) in [6.07, 6.45) is 3.32. The van der Waals surface area contributed by atoms with Crippen LogP contribution in [0.2, 0.25) is 0 Å². The third-order valence-electron chi connectivity index (χ3n) is 4.13. The van der Waals surface area contributed by atoms with Gasteiger partial charge in [0.05, 0.1) is 0 Å². The zero-order valence-corrected chi connectivity index (χ0v) is 15.6. The van der Waals surface area contributed by atoms with Crippen LogP contribution in [0.25, 0.3) is 0 Å². The predicted molar refractivity (Wildman–Crippen MR) is 97.8 cm³/mol. The minimum Gasteiger partial charge on any atom is -0.484 e. The van der Waals surface area contributed by atoms with Crippen LogP contribution in [-0.2, 0) is 15.0 Å². The molecular weight excluding hydrogens is 326 g/mol. The number of amides is 1. The number of carboxylic acids is 1. The Morgan fingerprint density at radius 3 is 2.42 bits per heavy atom. The van der Waals surface area contributed by atoms with E-state index in [9.17, 15) is 9.59 Å². The third kappa shape index (κ3) is 6.43. The van der Waals surface area contributed by atoms with Crippen LogP contribution in [-0.4, -0.2) is 41.6 Å². The number of carbonyl (C=O) groups excluding carboxylic acids is 1. The zero-order chi connectivity index (χ0) is 18.2. The molecule has 0 aliphatic heterocycles. The summed E-state index contributed by atoms with van der Waals surface area (Å²) in [5.41, 5.74) is 1.31. The van der Waals surface area contributed by atoms with Gasteiger partial charge >= 0.3 is 5.97 Å². The molecule has 0 bridgehead atoms. The fourth-order valence-corrected chi connectivity index (χ4v) is 2.56. The molecule has 1 aromatic carbocycles. The van der Waals surface area contributed by atoms with Gasteiger partial charge in [0, 0.05) is 0 Å². The van der Waals surface area contributed by atoms with Crippen LogP contribution in [0.15, 0.2) is 24.3 Å². The van der Waals surface area contributed by atoms with Gasteiger partial charge < -0.3 is 15.2 Å². The Labute approximate surface area is 148 Å². The summed E-state index contributed by atoms with van der Waals surface area (Å²) >= 11 is 1.54. The quantitative estimate of drug-likeness (QED) is 0.676. The van der Waals surface area contributed by atoms with Gasteiger partial charge in [-0.25, -0.2) is 4.79 Å². The van der Waals surface area contributed by atoms with Crippen molar-refractivity contribution in [2.24, 2.45) is 0 Å². The zero-order valence-electron chi connectivity index (χ0n) is 14.8. The Hall–Kier alpha value is -1.69. The molecule has 0 fully saturated rings. The van der Waals surface area contributed by atoms with E-state index in [1.54, 1.807) is 11.8 Å². The highest BCUT2D eigenvalue weighted by Crippen LogP contribution is 2.27. The van der Waals surface area contributed by atoms with E-state index in [0.29, 0.717) is 17.9 Å². The van der Waals surface area contributed by atoms with E-state index in [1.165, 1.54) is 5.56 Å². The second-order valence-electron chi connectivity index (χ2n) is 6.29. The van der Waals surface area contributed by atoms with Crippen LogP contribution in [0.4, 0.5) is 0 Å². The predicted octanol–water partition coefficient (Wildman–Crippen LogP) is 3.08. The number of nitrogens with one attached hydrogen (secondary N) is 1. The lowest BCUT2D eigenvalue weighted by Crippen LogP contribution is -2.43. The molecule has 1 unspecified atom stereocenters. The largest absolute Gasteiger partial charge is 0.484 e. The lowest BCUT2D eigenvalue weighted by atomic mass is 9.82. The monoisotopic (exact) mass is 353 g/mol. The van der Waals surface area contributed by atoms with Crippen LogP contribution in [0.3, 0.4) is 0 Å². The van der Waals surface area contributed by atoms with E-state index in [-0.39, 0.29) is 12.0 Å². The van der Waals surface area contributed by atoms with Crippen LogP contribution >= 0.6 is 11.8 Å². The van der Waals surface area contributed by atoms with Gasteiger partial charge in [0.25, 0.3) is 5.91 Å². The standard InChI is InChI=1S/C18H27NO4S/c1-5-18(2,3)13-6-8-14(9-7-13)23-12-16(20)19-15(17(21)22)10-11-24-4/h6-9,15H,5,10-12H2,1-4H3,(H,19,20)(H,21,22). The van der Waals surface area contributed by atoms with Crippen molar-refractivity contribution in [3.63, 3.8) is 0 Å². The van der Waals surface area contributed by atoms with Crippen molar-refractivity contribution in [3.05, 3.63) is 29.8 Å². The number of carbonyl (C=O) groups is 2. The number of ether oxygens (including phenoxy) is 1. The average molecular weight is 353 g/mol. The molecular formula is C18H27NO4S. The number of benzene rings is 1. The lowest BCUT2D eigenvalue weighted by molar-refractivity contribution is -0.142. The van der Waals surface area contributed by atoms with Gasteiger partial charge in [-0.3, -0.25) is 4.79 Å². The summed E-state index contributed by atoms with van der Waals surface area (Å²) in [7, 11) is 0. The highest BCUT2D eigenvalue weighted by atomic mass is 32.2. The van der Waals surface area contributed by atoms with Gasteiger partial charge in [-0.05, 0) is 48.0 Å². The smallest absolute Gasteiger partial charge is 0.326 e. The van der Waals surface area contributed by atoms with Crippen LogP contribution in [0.1, 0.15) is 39.2 Å². The fourth-order valence-electron chi connectivity index (χ4n) is 2.08. The Morgan fingerprint density at radius 1 is 1.29 bits per heavy atom. The van der Waals surface area contributed by atoms with E-state index in [1.807, 2.05) is 30.5 Å². The minimum absolute atomic E-state index is 0.0991. The molecule has 1 rings (SSSR count). The number of thioether (sulfide) groups is 1. The molecule has 6 heteroatoms. The van der Waals surface area contributed by atoms with Crippen molar-refractivity contribution in [2.45, 2.75) is 45.1 Å². The molecule has 1 aromatic rings. The Morgan fingerprint density at radius 2 is 1.92 bits per heavy atom. The SMILES string of the molecule is CCC(C)(C)c1ccc(OCC(=O)NC(CCSC)C(=O)O)cc1. The summed E-state index contributed by atoms with van der Waals surface area (Å²) in [5.74, 6) is -0.186. The third-order valence-corrected chi connectivity index (χ3v) is 4.78. The van der Waals surface area contributed by atoms with Crippen LogP contribution in [0, 0.1) is 0 Å². The number of aliphatic carboxylic acids is 1. The maximum atomic E-state index is 11.9. The van der Waals surface area contributed by atoms with Gasteiger partial charge in [-0.2, -0.15) is 11.8 Å². The first-order valence-electron chi connectivity index (χ1n) is 8.04. The summed E-state index contributed by atoms with van der Waals surface area (Å²) in [6.45, 7) is 6.30. The number of hydrogen-bond acceptors (Lipinski definition) is 4. The van der Waals surface area contributed by atoms with E-state index in [2.05, 4.69) is 26.1 Å². The molecule has 5 nitrogen and oxygen atoms in total. The molecule has 0 saturated carbocycles. The summed E-state index contributed by atoms with van der Waals surface area (Å²) in [6, 6.07) is 6.79. The fraction of sp³-hybridized carbons (Fsp3) is 0.556. The lowest BCUT2D eigenvalue weighted by Gasteiger charge is -2.23. The average Bonchev–Trinajstić information content (AvgIpc) is 2.56. The molecule has 0 aliphatic rings. The van der Waals surface area contributed by atoms with Crippen LogP contribution < -0.4 is 10.1 Å². The molecule has 24 heavy (non-hydrogen) atoms. The highest BCUT2D eigenvalue weighted by molar-refractivity contribution is 7.98. The molecule has 0 aliphatic carbocycles. The first-order valence-corrected chi connectivity index (χ1v) is 9.44. The Kier molecular flexibility index (Phi) is 8.11. The first-order chi connectivity index (χ1) is 11.3. The molecule has 0 saturated heterocycles. The van der Waals surface area contributed by atoms with Gasteiger partial charge in [0.1, 0.15) is 11.8 Å². The molecule has 0 radical (unpaired) electrons. The van der Waals surface area contributed by atoms with Crippen molar-refractivity contribution in [1.29, 1.82) is 0 Å². The molecule has 1 amide bonds. The van der Waals surface area contributed by atoms with E-state index >= 15 is 0 Å². The minimum atomic E-state index is -1.02. The summed E-state index contributed by atoms with van der Waals surface area (Å²) < 4.78 is 5.44. The Bertz CT molecular complexity index is 542. The highest BCUT2D eigenvalue weighted by Gasteiger charge is 2.20. The number of hydrogen-bond donors (Lipinski definition) is 2. The molecule has 0 spiro atoms. The normalized spacial score (nSPS) is 12.5. The first kappa shape index (κ1) is 20.4. The van der Waals surface area contributed by atoms with Crippen molar-refractivity contribution in [2.75, 3.05) is 18.6 Å². The molecule has 0 heterocycles. The van der Waals surface area contributed by atoms with E-state index in [0.717, 1.165) is 6.42 Å². The maximum absolute atomic E-state index is 11.9. The summed E-state index contributed by atoms with van der Waals surface area (Å²) in [5, 5.41) is 11.6. The van der Waals surface area contributed by atoms with E-state index < -0.39 is 17.9 Å². The number of rotatable bonds is 10.